The van der Waals surface area contributed by atoms with E-state index < -0.39 is 51.1 Å². The molecule has 0 aliphatic carbocycles. The highest BCUT2D eigenvalue weighted by molar-refractivity contribution is 7.47. The van der Waals surface area contributed by atoms with Gasteiger partial charge in [0.2, 0.25) is 0 Å². The van der Waals surface area contributed by atoms with Gasteiger partial charge in [-0.2, -0.15) is 0 Å². The maximum Gasteiger partial charge on any atom is 0.472 e. The van der Waals surface area contributed by atoms with Gasteiger partial charge in [0, 0.05) is 12.8 Å². The summed E-state index contributed by atoms with van der Waals surface area (Å²) in [7, 11) is -4.73. The van der Waals surface area contributed by atoms with E-state index in [-0.39, 0.29) is 19.4 Å². The molecule has 0 aliphatic rings. The molecule has 0 aromatic heterocycles. The number of carboxylic acids is 1. The van der Waals surface area contributed by atoms with Crippen molar-refractivity contribution in [2.45, 2.75) is 219 Å². The van der Waals surface area contributed by atoms with E-state index >= 15 is 0 Å². The zero-order valence-electron chi connectivity index (χ0n) is 37.8. The highest BCUT2D eigenvalue weighted by Gasteiger charge is 2.28. The summed E-state index contributed by atoms with van der Waals surface area (Å²) in [6.45, 7) is 2.74. The number of hydrogen-bond donors (Lipinski definition) is 3. The van der Waals surface area contributed by atoms with Crippen molar-refractivity contribution < 1.29 is 47.5 Å². The Balaban J connectivity index is 4.37. The Morgan fingerprint density at radius 3 is 1.37 bits per heavy atom. The lowest BCUT2D eigenvalue weighted by atomic mass is 10.0. The van der Waals surface area contributed by atoms with Crippen LogP contribution in [0.3, 0.4) is 0 Å². The standard InChI is InChI=1S/C48H86NO10P/c1-3-5-7-9-11-13-15-17-19-21-22-24-25-27-29-31-33-35-37-39-46(50)56-41-44(42-57-60(54,55)58-43-45(49)48(52)53)59-47(51)40-38-36-34-32-30-28-26-23-20-18-16-14-12-10-8-6-4-2/h12,14,18,20,26,28,32,34,44-45H,3-11,13,15-17,19,21-25,27,29-31,33,35-43,49H2,1-2H3,(H,52,53)(H,54,55)/b14-12+,20-18+,28-26+,34-32+/t44-,45+/m1/s1. The van der Waals surface area contributed by atoms with Gasteiger partial charge in [0.15, 0.2) is 6.10 Å². The average Bonchev–Trinajstić information content (AvgIpc) is 3.22. The Hall–Kier alpha value is -2.56. The number of carbonyl (C=O) groups excluding carboxylic acids is 2. The van der Waals surface area contributed by atoms with Gasteiger partial charge >= 0.3 is 25.7 Å². The molecule has 0 aliphatic heterocycles. The van der Waals surface area contributed by atoms with E-state index in [1.165, 1.54) is 116 Å². The Labute approximate surface area is 365 Å². The van der Waals surface area contributed by atoms with Crippen LogP contribution in [0.25, 0.3) is 0 Å². The maximum atomic E-state index is 12.6. The Kier molecular flexibility index (Phi) is 41.3. The summed E-state index contributed by atoms with van der Waals surface area (Å²) in [6.07, 6.45) is 49.0. The Morgan fingerprint density at radius 2 is 0.900 bits per heavy atom. The molecule has 0 fully saturated rings. The van der Waals surface area contributed by atoms with E-state index in [9.17, 15) is 23.8 Å². The number of phosphoric acid groups is 1. The summed E-state index contributed by atoms with van der Waals surface area (Å²) < 4.78 is 32.7. The second-order valence-corrected chi connectivity index (χ2v) is 17.3. The van der Waals surface area contributed by atoms with Crippen LogP contribution in [0.2, 0.25) is 0 Å². The lowest BCUT2D eigenvalue weighted by Crippen LogP contribution is -2.34. The Morgan fingerprint density at radius 1 is 0.517 bits per heavy atom. The third-order valence-electron chi connectivity index (χ3n) is 10.1. The number of aliphatic carboxylic acids is 1. The van der Waals surface area contributed by atoms with Crippen molar-refractivity contribution in [3.8, 4) is 0 Å². The number of ether oxygens (including phenoxy) is 2. The molecule has 0 rings (SSSR count). The first kappa shape index (κ1) is 57.4. The van der Waals surface area contributed by atoms with Crippen LogP contribution in [0.5, 0.6) is 0 Å². The van der Waals surface area contributed by atoms with Crippen molar-refractivity contribution in [1.82, 2.24) is 0 Å². The largest absolute Gasteiger partial charge is 0.480 e. The van der Waals surface area contributed by atoms with Crippen LogP contribution in [0, 0.1) is 0 Å². The summed E-state index contributed by atoms with van der Waals surface area (Å²) in [5, 5.41) is 8.90. The molecule has 1 unspecified atom stereocenters. The molecule has 0 saturated heterocycles. The number of unbranched alkanes of at least 4 members (excludes halogenated alkanes) is 22. The van der Waals surface area contributed by atoms with Gasteiger partial charge in [-0.05, 0) is 51.4 Å². The fraction of sp³-hybridized carbons (Fsp3) is 0.771. The number of rotatable bonds is 44. The van der Waals surface area contributed by atoms with E-state index in [2.05, 4.69) is 54.8 Å². The molecule has 0 saturated carbocycles. The minimum Gasteiger partial charge on any atom is -0.480 e. The molecule has 3 atom stereocenters. The van der Waals surface area contributed by atoms with Crippen LogP contribution in [-0.4, -0.2) is 59.9 Å². The van der Waals surface area contributed by atoms with Gasteiger partial charge in [-0.15, -0.1) is 0 Å². The highest BCUT2D eigenvalue weighted by Crippen LogP contribution is 2.43. The molecule has 12 heteroatoms. The smallest absolute Gasteiger partial charge is 0.472 e. The molecule has 0 aromatic rings. The van der Waals surface area contributed by atoms with Crippen molar-refractivity contribution in [2.75, 3.05) is 19.8 Å². The average molecular weight is 868 g/mol. The summed E-state index contributed by atoms with van der Waals surface area (Å²) in [4.78, 5) is 46.0. The first-order valence-electron chi connectivity index (χ1n) is 23.7. The van der Waals surface area contributed by atoms with Crippen LogP contribution in [0.15, 0.2) is 48.6 Å². The van der Waals surface area contributed by atoms with E-state index in [4.69, 9.17) is 24.8 Å². The number of hydrogen-bond acceptors (Lipinski definition) is 9. The number of carboxylic acid groups (broad SMARTS) is 1. The van der Waals surface area contributed by atoms with Crippen molar-refractivity contribution >= 4 is 25.7 Å². The van der Waals surface area contributed by atoms with E-state index in [0.717, 1.165) is 44.9 Å². The van der Waals surface area contributed by atoms with Crippen LogP contribution >= 0.6 is 7.82 Å². The van der Waals surface area contributed by atoms with Gasteiger partial charge in [0.25, 0.3) is 0 Å². The molecule has 0 bridgehead atoms. The fourth-order valence-corrected chi connectivity index (χ4v) is 7.13. The molecular formula is C48H86NO10P. The molecule has 11 nitrogen and oxygen atoms in total. The van der Waals surface area contributed by atoms with Crippen molar-refractivity contribution in [3.63, 3.8) is 0 Å². The predicted molar refractivity (Wildman–Crippen MR) is 245 cm³/mol. The molecule has 60 heavy (non-hydrogen) atoms. The summed E-state index contributed by atoms with van der Waals surface area (Å²) >= 11 is 0. The monoisotopic (exact) mass is 868 g/mol. The van der Waals surface area contributed by atoms with E-state index in [0.29, 0.717) is 19.3 Å². The normalized spacial score (nSPS) is 14.1. The fourth-order valence-electron chi connectivity index (χ4n) is 6.35. The molecule has 0 aromatic carbocycles. The predicted octanol–water partition coefficient (Wildman–Crippen LogP) is 13.0. The number of allylic oxidation sites excluding steroid dienone is 8. The van der Waals surface area contributed by atoms with Crippen molar-refractivity contribution in [2.24, 2.45) is 5.73 Å². The SMILES string of the molecule is CCCCC/C=C/C/C=C/C/C=C/C/C=C/CCCC(=O)O[C@H](COC(=O)CCCCCCCCCCCCCCCCCCCCC)COP(=O)(O)OC[C@H](N)C(=O)O. The summed E-state index contributed by atoms with van der Waals surface area (Å²) in [6, 6.07) is -1.53. The quantitative estimate of drug-likeness (QED) is 0.0230. The first-order chi connectivity index (χ1) is 29.1. The van der Waals surface area contributed by atoms with Gasteiger partial charge in [-0.1, -0.05) is 191 Å². The molecule has 0 radical (unpaired) electrons. The minimum atomic E-state index is -4.73. The van der Waals surface area contributed by atoms with Gasteiger partial charge in [-0.3, -0.25) is 23.4 Å². The highest BCUT2D eigenvalue weighted by atomic mass is 31.2. The lowest BCUT2D eigenvalue weighted by molar-refractivity contribution is -0.161. The minimum absolute atomic E-state index is 0.0859. The number of nitrogens with two attached hydrogens (primary N) is 1. The summed E-state index contributed by atoms with van der Waals surface area (Å²) in [5.74, 6) is -2.44. The van der Waals surface area contributed by atoms with Gasteiger partial charge in [0.1, 0.15) is 12.6 Å². The molecule has 0 spiro atoms. The first-order valence-corrected chi connectivity index (χ1v) is 25.2. The van der Waals surface area contributed by atoms with Crippen LogP contribution < -0.4 is 5.73 Å². The lowest BCUT2D eigenvalue weighted by Gasteiger charge is -2.20. The van der Waals surface area contributed by atoms with Crippen LogP contribution in [0.1, 0.15) is 206 Å². The van der Waals surface area contributed by atoms with Gasteiger partial charge in [0.05, 0.1) is 13.2 Å². The molecule has 348 valence electrons. The zero-order chi connectivity index (χ0) is 44.2. The number of esters is 2. The van der Waals surface area contributed by atoms with Crippen LogP contribution in [-0.2, 0) is 37.5 Å². The third kappa shape index (κ3) is 42.1. The van der Waals surface area contributed by atoms with Crippen molar-refractivity contribution in [3.05, 3.63) is 48.6 Å². The topological polar surface area (TPSA) is 172 Å². The van der Waals surface area contributed by atoms with E-state index in [1.54, 1.807) is 0 Å². The zero-order valence-corrected chi connectivity index (χ0v) is 38.7. The molecule has 0 heterocycles. The van der Waals surface area contributed by atoms with Gasteiger partial charge in [-0.25, -0.2) is 4.57 Å². The maximum absolute atomic E-state index is 12.6. The third-order valence-corrected chi connectivity index (χ3v) is 11.0. The second kappa shape index (κ2) is 43.1. The number of carbonyl (C=O) groups is 3. The van der Waals surface area contributed by atoms with Crippen molar-refractivity contribution in [1.29, 1.82) is 0 Å². The second-order valence-electron chi connectivity index (χ2n) is 15.9. The number of phosphoric ester groups is 1. The molecule has 0 amide bonds. The Bertz CT molecular complexity index is 1200. The van der Waals surface area contributed by atoms with E-state index in [1.807, 2.05) is 12.2 Å². The molecule has 4 N–H and O–H groups in total. The molecular weight excluding hydrogens is 781 g/mol. The van der Waals surface area contributed by atoms with Crippen LogP contribution in [0.4, 0.5) is 0 Å². The van der Waals surface area contributed by atoms with Gasteiger partial charge < -0.3 is 25.2 Å². The summed E-state index contributed by atoms with van der Waals surface area (Å²) in [5.41, 5.74) is 5.34.